The highest BCUT2D eigenvalue weighted by molar-refractivity contribution is 8.01. The molecule has 0 aliphatic carbocycles. The molecule has 35 heavy (non-hydrogen) atoms. The molecule has 1 amide bonds. The van der Waals surface area contributed by atoms with Crippen molar-refractivity contribution in [2.24, 2.45) is 4.99 Å². The van der Waals surface area contributed by atoms with Crippen molar-refractivity contribution in [1.82, 2.24) is 9.88 Å². The Balaban J connectivity index is 1.25. The number of nitrogens with zero attached hydrogens (tertiary/aromatic N) is 3. The molecule has 1 aliphatic heterocycles. The highest BCUT2D eigenvalue weighted by Crippen LogP contribution is 2.33. The van der Waals surface area contributed by atoms with Crippen molar-refractivity contribution in [3.8, 4) is 0 Å². The van der Waals surface area contributed by atoms with Crippen LogP contribution in [0.3, 0.4) is 0 Å². The minimum absolute atomic E-state index is 0.144. The number of aromatic nitrogens is 1. The number of hydrogen-bond donors (Lipinski definition) is 0. The van der Waals surface area contributed by atoms with Gasteiger partial charge in [-0.3, -0.25) is 9.79 Å². The van der Waals surface area contributed by atoms with Gasteiger partial charge in [0.15, 0.2) is 4.34 Å². The molecule has 0 unspecified atom stereocenters. The largest absolute Gasteiger partial charge is 0.378 e. The molecule has 0 N–H and O–H groups in total. The van der Waals surface area contributed by atoms with E-state index < -0.39 is 0 Å². The van der Waals surface area contributed by atoms with Crippen LogP contribution in [0.5, 0.6) is 0 Å². The summed E-state index contributed by atoms with van der Waals surface area (Å²) in [7, 11) is 0. The van der Waals surface area contributed by atoms with Crippen LogP contribution in [0.1, 0.15) is 5.56 Å². The molecule has 1 saturated heterocycles. The molecule has 0 radical (unpaired) electrons. The van der Waals surface area contributed by atoms with E-state index in [9.17, 15) is 4.79 Å². The van der Waals surface area contributed by atoms with Gasteiger partial charge < -0.3 is 9.64 Å². The molecule has 6 rings (SSSR count). The van der Waals surface area contributed by atoms with Gasteiger partial charge in [0.25, 0.3) is 0 Å². The molecule has 1 fully saturated rings. The molecule has 0 saturated carbocycles. The van der Waals surface area contributed by atoms with E-state index >= 15 is 0 Å². The summed E-state index contributed by atoms with van der Waals surface area (Å²) in [5.41, 5.74) is 2.95. The van der Waals surface area contributed by atoms with Crippen LogP contribution in [0.2, 0.25) is 0 Å². The van der Waals surface area contributed by atoms with E-state index in [1.807, 2.05) is 23.2 Å². The lowest BCUT2D eigenvalue weighted by Gasteiger charge is -2.26. The monoisotopic (exact) mass is 497 g/mol. The maximum atomic E-state index is 12.5. The van der Waals surface area contributed by atoms with Crippen molar-refractivity contribution >= 4 is 72.7 Å². The molecule has 1 aromatic heterocycles. The number of hydrogen-bond acceptors (Lipinski definition) is 6. The second-order valence-corrected chi connectivity index (χ2v) is 10.7. The fourth-order valence-electron chi connectivity index (χ4n) is 4.39. The number of morpholine rings is 1. The van der Waals surface area contributed by atoms with E-state index in [4.69, 9.17) is 14.7 Å². The first kappa shape index (κ1) is 22.2. The molecular weight excluding hydrogens is 474 g/mol. The molecule has 4 aromatic carbocycles. The zero-order valence-electron chi connectivity index (χ0n) is 19.0. The van der Waals surface area contributed by atoms with Crippen LogP contribution < -0.4 is 0 Å². The van der Waals surface area contributed by atoms with Crippen LogP contribution in [-0.2, 0) is 9.53 Å². The van der Waals surface area contributed by atoms with Gasteiger partial charge in [0.1, 0.15) is 0 Å². The van der Waals surface area contributed by atoms with E-state index in [1.165, 1.54) is 33.3 Å². The lowest BCUT2D eigenvalue weighted by atomic mass is 9.97. The third-order valence-corrected chi connectivity index (χ3v) is 8.34. The van der Waals surface area contributed by atoms with Gasteiger partial charge in [-0.15, -0.1) is 11.3 Å². The van der Waals surface area contributed by atoms with Crippen molar-refractivity contribution in [1.29, 1.82) is 0 Å². The number of amides is 1. The van der Waals surface area contributed by atoms with E-state index in [0.717, 1.165) is 25.8 Å². The molecule has 0 atom stereocenters. The molecule has 2 heterocycles. The van der Waals surface area contributed by atoms with Crippen LogP contribution in [0.4, 0.5) is 5.69 Å². The Labute approximate surface area is 211 Å². The smallest absolute Gasteiger partial charge is 0.233 e. The van der Waals surface area contributed by atoms with Crippen molar-refractivity contribution in [3.05, 3.63) is 78.4 Å². The summed E-state index contributed by atoms with van der Waals surface area (Å²) in [4.78, 5) is 23.9. The van der Waals surface area contributed by atoms with Crippen molar-refractivity contribution in [3.63, 3.8) is 0 Å². The Bertz CT molecular complexity index is 1520. The number of fused-ring (bicyclic) bond motifs is 3. The molecule has 0 spiro atoms. The fourth-order valence-corrected chi connectivity index (χ4v) is 6.39. The minimum Gasteiger partial charge on any atom is -0.378 e. The predicted molar refractivity (Wildman–Crippen MR) is 146 cm³/mol. The zero-order chi connectivity index (χ0) is 23.6. The Hall–Kier alpha value is -3.26. The number of benzene rings is 4. The second-order valence-electron chi connectivity index (χ2n) is 8.40. The van der Waals surface area contributed by atoms with Gasteiger partial charge >= 0.3 is 0 Å². The lowest BCUT2D eigenvalue weighted by molar-refractivity contribution is -0.132. The summed E-state index contributed by atoms with van der Waals surface area (Å²) in [6.07, 6.45) is 1.98. The van der Waals surface area contributed by atoms with E-state index in [0.29, 0.717) is 32.1 Å². The lowest BCUT2D eigenvalue weighted by Crippen LogP contribution is -2.41. The molecule has 174 valence electrons. The first-order chi connectivity index (χ1) is 17.2. The number of carbonyl (C=O) groups is 1. The SMILES string of the molecule is O=C(CSc1nc2ccc(/N=C/c3c4ccccc4cc4ccccc34)cc2s1)N1CCOCC1. The first-order valence-electron chi connectivity index (χ1n) is 11.6. The minimum atomic E-state index is 0.144. The molecule has 5 aromatic rings. The van der Waals surface area contributed by atoms with Gasteiger partial charge in [-0.25, -0.2) is 4.98 Å². The number of ether oxygens (including phenoxy) is 1. The fraction of sp³-hybridized carbons (Fsp3) is 0.179. The van der Waals surface area contributed by atoms with Crippen molar-refractivity contribution in [2.75, 3.05) is 32.1 Å². The third kappa shape index (κ3) is 4.67. The summed E-state index contributed by atoms with van der Waals surface area (Å²) in [5, 5.41) is 4.80. The van der Waals surface area contributed by atoms with Crippen molar-refractivity contribution < 1.29 is 9.53 Å². The average molecular weight is 498 g/mol. The molecule has 0 bridgehead atoms. The molecule has 5 nitrogen and oxygen atoms in total. The van der Waals surface area contributed by atoms with Crippen LogP contribution in [0, 0.1) is 0 Å². The Kier molecular flexibility index (Phi) is 6.21. The summed E-state index contributed by atoms with van der Waals surface area (Å²) < 4.78 is 7.31. The highest BCUT2D eigenvalue weighted by atomic mass is 32.2. The highest BCUT2D eigenvalue weighted by Gasteiger charge is 2.17. The molecule has 7 heteroatoms. The maximum absolute atomic E-state index is 12.5. The Morgan fingerprint density at radius 1 is 1.00 bits per heavy atom. The van der Waals surface area contributed by atoms with Gasteiger partial charge in [0, 0.05) is 24.9 Å². The standard InChI is InChI=1S/C28H23N3O2S2/c32-27(31-11-13-33-14-12-31)18-34-28-30-25-10-9-21(16-26(25)35-28)29-17-24-22-7-3-1-5-19(22)15-20-6-2-4-8-23(20)24/h1-10,15-17H,11-14,18H2/b29-17+. The number of carbonyl (C=O) groups excluding carboxylic acids is 1. The number of aliphatic imine (C=N–C) groups is 1. The normalized spacial score (nSPS) is 14.5. The average Bonchev–Trinajstić information content (AvgIpc) is 3.32. The zero-order valence-corrected chi connectivity index (χ0v) is 20.6. The maximum Gasteiger partial charge on any atom is 0.233 e. The van der Waals surface area contributed by atoms with E-state index in [2.05, 4.69) is 60.7 Å². The number of thioether (sulfide) groups is 1. The van der Waals surface area contributed by atoms with Crippen LogP contribution in [-0.4, -0.2) is 54.1 Å². The van der Waals surface area contributed by atoms with Crippen LogP contribution >= 0.6 is 23.1 Å². The topological polar surface area (TPSA) is 54.8 Å². The summed E-state index contributed by atoms with van der Waals surface area (Å²) in [5.74, 6) is 0.545. The van der Waals surface area contributed by atoms with E-state index in [-0.39, 0.29) is 5.91 Å². The second kappa shape index (κ2) is 9.77. The Morgan fingerprint density at radius 3 is 2.46 bits per heavy atom. The predicted octanol–water partition coefficient (Wildman–Crippen LogP) is 6.30. The van der Waals surface area contributed by atoms with E-state index in [1.54, 1.807) is 11.3 Å². The molecule has 1 aliphatic rings. The quantitative estimate of drug-likeness (QED) is 0.162. The van der Waals surface area contributed by atoms with Gasteiger partial charge in [-0.05, 0) is 45.8 Å². The third-order valence-electron chi connectivity index (χ3n) is 6.19. The van der Waals surface area contributed by atoms with Gasteiger partial charge in [-0.2, -0.15) is 0 Å². The van der Waals surface area contributed by atoms with Crippen LogP contribution in [0.25, 0.3) is 31.8 Å². The van der Waals surface area contributed by atoms with Gasteiger partial charge in [0.2, 0.25) is 5.91 Å². The van der Waals surface area contributed by atoms with Gasteiger partial charge in [0.05, 0.1) is 34.9 Å². The summed E-state index contributed by atoms with van der Waals surface area (Å²) in [6.45, 7) is 2.59. The number of thiazole rings is 1. The van der Waals surface area contributed by atoms with Gasteiger partial charge in [-0.1, -0.05) is 60.3 Å². The van der Waals surface area contributed by atoms with Crippen LogP contribution in [0.15, 0.2) is 82.1 Å². The summed E-state index contributed by atoms with van der Waals surface area (Å²) >= 11 is 3.11. The first-order valence-corrected chi connectivity index (χ1v) is 13.4. The summed E-state index contributed by atoms with van der Waals surface area (Å²) in [6, 6.07) is 25.2. The Morgan fingerprint density at radius 2 is 1.71 bits per heavy atom. The number of rotatable bonds is 5. The molecular formula is C28H23N3O2S2. The van der Waals surface area contributed by atoms with Crippen molar-refractivity contribution in [2.45, 2.75) is 4.34 Å².